The van der Waals surface area contributed by atoms with Crippen LogP contribution in [0.4, 0.5) is 9.52 Å². The maximum absolute atomic E-state index is 13.9. The molecule has 13 heteroatoms. The van der Waals surface area contributed by atoms with E-state index in [1.807, 2.05) is 0 Å². The SMILES string of the molecule is COc1cc(C2C(C(=O)c3cc4ccccc4o3)=C(O)C(=O)N2c2nnc(SCc3ccc(F)cc3)s2)cc(Br)c1O. The molecule has 2 aromatic heterocycles. The van der Waals surface area contributed by atoms with Crippen molar-refractivity contribution in [2.75, 3.05) is 12.0 Å². The molecule has 2 N–H and O–H groups in total. The highest BCUT2D eigenvalue weighted by molar-refractivity contribution is 9.10. The molecule has 0 saturated carbocycles. The second-order valence-corrected chi connectivity index (χ2v) is 12.2. The minimum atomic E-state index is -1.16. The van der Waals surface area contributed by atoms with Gasteiger partial charge in [-0.05, 0) is 63.5 Å². The Labute approximate surface area is 254 Å². The smallest absolute Gasteiger partial charge is 0.296 e. The fourth-order valence-electron chi connectivity index (χ4n) is 4.57. The number of carbonyl (C=O) groups excluding carboxylic acids is 2. The summed E-state index contributed by atoms with van der Waals surface area (Å²) in [6.07, 6.45) is 0. The Hall–Kier alpha value is -4.20. The largest absolute Gasteiger partial charge is 0.503 e. The first kappa shape index (κ1) is 27.9. The molecule has 3 aromatic carbocycles. The molecule has 0 fully saturated rings. The van der Waals surface area contributed by atoms with E-state index in [0.29, 0.717) is 26.6 Å². The normalized spacial score (nSPS) is 15.2. The summed E-state index contributed by atoms with van der Waals surface area (Å²) in [5, 5.41) is 30.7. The number of rotatable bonds is 8. The number of aliphatic hydroxyl groups is 1. The zero-order chi connectivity index (χ0) is 29.5. The van der Waals surface area contributed by atoms with Crippen molar-refractivity contribution in [1.82, 2.24) is 10.2 Å². The van der Waals surface area contributed by atoms with Gasteiger partial charge >= 0.3 is 0 Å². The summed E-state index contributed by atoms with van der Waals surface area (Å²) in [6.45, 7) is 0. The van der Waals surface area contributed by atoms with Gasteiger partial charge in [0.1, 0.15) is 11.4 Å². The van der Waals surface area contributed by atoms with E-state index in [-0.39, 0.29) is 38.3 Å². The van der Waals surface area contributed by atoms with Gasteiger partial charge in [0.15, 0.2) is 27.4 Å². The molecule has 3 heterocycles. The fraction of sp³-hybridized carbons (Fsp3) is 0.103. The number of Topliss-reactive ketones (excluding diaryl/α,β-unsaturated/α-hetero) is 1. The number of anilines is 1. The molecule has 6 rings (SSSR count). The van der Waals surface area contributed by atoms with Crippen molar-refractivity contribution < 1.29 is 33.3 Å². The molecule has 0 radical (unpaired) electrons. The number of fused-ring (bicyclic) bond motifs is 1. The number of thioether (sulfide) groups is 1. The summed E-state index contributed by atoms with van der Waals surface area (Å²) in [5.74, 6) is -2.31. The molecule has 1 aliphatic rings. The molecule has 212 valence electrons. The quantitative estimate of drug-likeness (QED) is 0.102. The number of aromatic hydroxyl groups is 1. The van der Waals surface area contributed by atoms with Crippen LogP contribution >= 0.6 is 39.0 Å². The Morgan fingerprint density at radius 2 is 1.90 bits per heavy atom. The summed E-state index contributed by atoms with van der Waals surface area (Å²) in [6, 6.07) is 16.5. The second-order valence-electron chi connectivity index (χ2n) is 9.14. The average Bonchev–Trinajstić information content (AvgIpc) is 3.70. The van der Waals surface area contributed by atoms with Crippen LogP contribution in [0.5, 0.6) is 11.5 Å². The number of aromatic nitrogens is 2. The van der Waals surface area contributed by atoms with Crippen molar-refractivity contribution in [3.63, 3.8) is 0 Å². The highest BCUT2D eigenvalue weighted by Gasteiger charge is 2.47. The van der Waals surface area contributed by atoms with Crippen LogP contribution in [0.1, 0.15) is 27.7 Å². The van der Waals surface area contributed by atoms with Crippen LogP contribution in [-0.4, -0.2) is 39.2 Å². The number of hydrogen-bond acceptors (Lipinski definition) is 10. The number of phenols is 1. The number of nitrogens with zero attached hydrogens (tertiary/aromatic N) is 3. The number of carbonyl (C=O) groups is 2. The van der Waals surface area contributed by atoms with E-state index in [1.54, 1.807) is 42.5 Å². The molecule has 42 heavy (non-hydrogen) atoms. The lowest BCUT2D eigenvalue weighted by molar-refractivity contribution is -0.117. The first-order valence-corrected chi connectivity index (χ1v) is 14.9. The fourth-order valence-corrected chi connectivity index (χ4v) is 6.85. The van der Waals surface area contributed by atoms with Gasteiger partial charge in [0.2, 0.25) is 10.9 Å². The molecular weight excluding hydrogens is 649 g/mol. The minimum Gasteiger partial charge on any atom is -0.503 e. The maximum Gasteiger partial charge on any atom is 0.296 e. The Morgan fingerprint density at radius 3 is 2.64 bits per heavy atom. The van der Waals surface area contributed by atoms with Crippen molar-refractivity contribution in [1.29, 1.82) is 0 Å². The van der Waals surface area contributed by atoms with Crippen LogP contribution in [0.3, 0.4) is 0 Å². The Kier molecular flexibility index (Phi) is 7.47. The Bertz CT molecular complexity index is 1860. The van der Waals surface area contributed by atoms with Crippen LogP contribution in [0.15, 0.2) is 91.3 Å². The van der Waals surface area contributed by atoms with Crippen molar-refractivity contribution in [2.24, 2.45) is 0 Å². The summed E-state index contributed by atoms with van der Waals surface area (Å²) in [4.78, 5) is 28.6. The Morgan fingerprint density at radius 1 is 1.14 bits per heavy atom. The highest BCUT2D eigenvalue weighted by atomic mass is 79.9. The second kappa shape index (κ2) is 11.2. The third kappa shape index (κ3) is 5.03. The van der Waals surface area contributed by atoms with Gasteiger partial charge in [-0.2, -0.15) is 0 Å². The minimum absolute atomic E-state index is 0.0602. The lowest BCUT2D eigenvalue weighted by atomic mass is 9.95. The number of ether oxygens (including phenoxy) is 1. The molecule has 0 aliphatic carbocycles. The molecule has 0 bridgehead atoms. The van der Waals surface area contributed by atoms with Crippen LogP contribution in [0.2, 0.25) is 0 Å². The van der Waals surface area contributed by atoms with Crippen LogP contribution in [0.25, 0.3) is 11.0 Å². The van der Waals surface area contributed by atoms with E-state index >= 15 is 0 Å². The number of benzene rings is 3. The highest BCUT2D eigenvalue weighted by Crippen LogP contribution is 2.47. The van der Waals surface area contributed by atoms with Crippen molar-refractivity contribution >= 4 is 66.8 Å². The van der Waals surface area contributed by atoms with Gasteiger partial charge in [-0.25, -0.2) is 4.39 Å². The van der Waals surface area contributed by atoms with Gasteiger partial charge < -0.3 is 19.4 Å². The van der Waals surface area contributed by atoms with Gasteiger partial charge in [0.05, 0.1) is 23.2 Å². The van der Waals surface area contributed by atoms with Crippen molar-refractivity contribution in [3.05, 3.63) is 105 Å². The predicted octanol–water partition coefficient (Wildman–Crippen LogP) is 6.98. The third-order valence-electron chi connectivity index (χ3n) is 6.57. The number of halogens is 2. The van der Waals surface area contributed by atoms with Gasteiger partial charge in [-0.15, -0.1) is 10.2 Å². The van der Waals surface area contributed by atoms with Crippen LogP contribution in [0, 0.1) is 5.82 Å². The molecule has 0 saturated heterocycles. The Balaban J connectivity index is 1.40. The van der Waals surface area contributed by atoms with Gasteiger partial charge in [0.25, 0.3) is 5.91 Å². The van der Waals surface area contributed by atoms with Gasteiger partial charge in [-0.1, -0.05) is 53.4 Å². The van der Waals surface area contributed by atoms with E-state index in [2.05, 4.69) is 26.1 Å². The monoisotopic (exact) mass is 667 g/mol. The maximum atomic E-state index is 13.9. The summed E-state index contributed by atoms with van der Waals surface area (Å²) in [7, 11) is 1.37. The van der Waals surface area contributed by atoms with E-state index in [4.69, 9.17) is 9.15 Å². The standard InChI is InChI=1S/C29H19BrFN3O6S2/c1-39-20-12-16(10-18(30)24(20)35)23-22(25(36)21-11-15-4-2-3-5-19(15)40-21)26(37)27(38)34(23)28-32-33-29(42-28)41-13-14-6-8-17(31)9-7-14/h2-12,23,35,37H,13H2,1H3. The van der Waals surface area contributed by atoms with Gasteiger partial charge in [0, 0.05) is 11.1 Å². The lowest BCUT2D eigenvalue weighted by Gasteiger charge is -2.24. The van der Waals surface area contributed by atoms with Crippen molar-refractivity contribution in [3.8, 4) is 11.5 Å². The molecule has 1 amide bonds. The lowest BCUT2D eigenvalue weighted by Crippen LogP contribution is -2.31. The zero-order valence-electron chi connectivity index (χ0n) is 21.6. The number of ketones is 1. The molecule has 5 aromatic rings. The van der Waals surface area contributed by atoms with Crippen molar-refractivity contribution in [2.45, 2.75) is 16.1 Å². The molecule has 0 spiro atoms. The summed E-state index contributed by atoms with van der Waals surface area (Å²) in [5.41, 5.74) is 1.46. The number of furan rings is 1. The first-order valence-electron chi connectivity index (χ1n) is 12.3. The summed E-state index contributed by atoms with van der Waals surface area (Å²) < 4.78 is 25.1. The van der Waals surface area contributed by atoms with Gasteiger partial charge in [-0.3, -0.25) is 14.5 Å². The first-order chi connectivity index (χ1) is 20.2. The molecule has 9 nitrogen and oxygen atoms in total. The van der Waals surface area contributed by atoms with Crippen LogP contribution < -0.4 is 9.64 Å². The molecule has 1 unspecified atom stereocenters. The molecule has 1 atom stereocenters. The number of phenolic OH excluding ortho intramolecular Hbond substituents is 1. The number of methoxy groups -OCH3 is 1. The van der Waals surface area contributed by atoms with Crippen LogP contribution in [-0.2, 0) is 10.5 Å². The summed E-state index contributed by atoms with van der Waals surface area (Å²) >= 11 is 5.74. The molecular formula is C29H19BrFN3O6S2. The third-order valence-corrected chi connectivity index (χ3v) is 9.30. The van der Waals surface area contributed by atoms with E-state index in [9.17, 15) is 24.2 Å². The topological polar surface area (TPSA) is 126 Å². The molecule has 1 aliphatic heterocycles. The van der Waals surface area contributed by atoms with E-state index in [1.165, 1.54) is 48.0 Å². The predicted molar refractivity (Wildman–Crippen MR) is 159 cm³/mol. The number of amides is 1. The number of para-hydroxylation sites is 1. The average molecular weight is 669 g/mol. The number of aliphatic hydroxyl groups excluding tert-OH is 1. The van der Waals surface area contributed by atoms with E-state index in [0.717, 1.165) is 16.9 Å². The van der Waals surface area contributed by atoms with E-state index < -0.39 is 23.5 Å². The number of hydrogen-bond donors (Lipinski definition) is 2. The zero-order valence-corrected chi connectivity index (χ0v) is 24.8.